The molecule has 1 N–H and O–H groups in total. The lowest BCUT2D eigenvalue weighted by molar-refractivity contribution is 0.0916. The highest BCUT2D eigenvalue weighted by Crippen LogP contribution is 2.31. The standard InChI is InChI=1S/C25H30N6O3/c1-17(2)23(27-25(32)19-5-3-4-9-26-19)24-29-28-22-8-10-30(11-12-31(22)24)16-18-6-7-20-21(15-18)34-14-13-33-20/h3-7,9,15,17,23H,8,10-14,16H2,1-2H3,(H,27,32)/t23-/m0/s1. The second kappa shape index (κ2) is 9.80. The van der Waals surface area contributed by atoms with Crippen LogP contribution in [0.5, 0.6) is 11.5 Å². The normalized spacial score (nSPS) is 16.6. The lowest BCUT2D eigenvalue weighted by Crippen LogP contribution is -2.34. The van der Waals surface area contributed by atoms with Crippen molar-refractivity contribution in [3.63, 3.8) is 0 Å². The highest BCUT2D eigenvalue weighted by molar-refractivity contribution is 5.92. The average molecular weight is 463 g/mol. The summed E-state index contributed by atoms with van der Waals surface area (Å²) in [5.74, 6) is 3.34. The number of benzene rings is 1. The Kier molecular flexibility index (Phi) is 6.44. The topological polar surface area (TPSA) is 94.4 Å². The van der Waals surface area contributed by atoms with Gasteiger partial charge in [-0.1, -0.05) is 26.0 Å². The van der Waals surface area contributed by atoms with Gasteiger partial charge in [0.05, 0.1) is 6.04 Å². The zero-order valence-electron chi connectivity index (χ0n) is 19.6. The predicted octanol–water partition coefficient (Wildman–Crippen LogP) is 2.63. The van der Waals surface area contributed by atoms with Gasteiger partial charge in [-0.3, -0.25) is 14.7 Å². The molecular weight excluding hydrogens is 432 g/mol. The molecule has 1 aromatic carbocycles. The average Bonchev–Trinajstić information content (AvgIpc) is 3.15. The molecule has 1 atom stereocenters. The Morgan fingerprint density at radius 3 is 2.71 bits per heavy atom. The number of carbonyl (C=O) groups is 1. The third-order valence-corrected chi connectivity index (χ3v) is 6.29. The van der Waals surface area contributed by atoms with Gasteiger partial charge in [-0.05, 0) is 35.7 Å². The van der Waals surface area contributed by atoms with Gasteiger partial charge in [-0.25, -0.2) is 0 Å². The molecule has 4 heterocycles. The number of nitrogens with one attached hydrogen (secondary N) is 1. The van der Waals surface area contributed by atoms with Crippen molar-refractivity contribution in [2.24, 2.45) is 5.92 Å². The summed E-state index contributed by atoms with van der Waals surface area (Å²) in [6.07, 6.45) is 2.43. The summed E-state index contributed by atoms with van der Waals surface area (Å²) in [5.41, 5.74) is 1.60. The monoisotopic (exact) mass is 462 g/mol. The molecular formula is C25H30N6O3. The van der Waals surface area contributed by atoms with E-state index in [4.69, 9.17) is 9.47 Å². The predicted molar refractivity (Wildman–Crippen MR) is 126 cm³/mol. The van der Waals surface area contributed by atoms with Gasteiger partial charge in [0.2, 0.25) is 0 Å². The third kappa shape index (κ3) is 4.75. The Bertz CT molecular complexity index is 1150. The first kappa shape index (κ1) is 22.3. The van der Waals surface area contributed by atoms with Crippen molar-refractivity contribution in [2.45, 2.75) is 39.4 Å². The van der Waals surface area contributed by atoms with Crippen LogP contribution < -0.4 is 14.8 Å². The lowest BCUT2D eigenvalue weighted by Gasteiger charge is -2.24. The second-order valence-corrected chi connectivity index (χ2v) is 9.04. The maximum atomic E-state index is 12.8. The zero-order chi connectivity index (χ0) is 23.5. The first-order chi connectivity index (χ1) is 16.6. The highest BCUT2D eigenvalue weighted by atomic mass is 16.6. The number of hydrogen-bond donors (Lipinski definition) is 1. The first-order valence-corrected chi connectivity index (χ1v) is 11.8. The van der Waals surface area contributed by atoms with Crippen LogP contribution in [0.3, 0.4) is 0 Å². The van der Waals surface area contributed by atoms with Crippen LogP contribution in [0.25, 0.3) is 0 Å². The molecule has 0 radical (unpaired) electrons. The van der Waals surface area contributed by atoms with E-state index in [-0.39, 0.29) is 17.9 Å². The Labute approximate surface area is 199 Å². The van der Waals surface area contributed by atoms with Gasteiger partial charge >= 0.3 is 0 Å². The van der Waals surface area contributed by atoms with Crippen molar-refractivity contribution in [2.75, 3.05) is 26.3 Å². The van der Waals surface area contributed by atoms with Crippen molar-refractivity contribution in [1.82, 2.24) is 30.0 Å². The van der Waals surface area contributed by atoms with E-state index in [0.717, 1.165) is 55.7 Å². The minimum atomic E-state index is -0.250. The minimum absolute atomic E-state index is 0.151. The number of hydrogen-bond acceptors (Lipinski definition) is 7. The van der Waals surface area contributed by atoms with E-state index in [1.54, 1.807) is 18.3 Å². The summed E-state index contributed by atoms with van der Waals surface area (Å²) in [6.45, 7) is 8.70. The Balaban J connectivity index is 1.28. The molecule has 2 aliphatic heterocycles. The largest absolute Gasteiger partial charge is 0.486 e. The third-order valence-electron chi connectivity index (χ3n) is 6.29. The maximum absolute atomic E-state index is 12.8. The van der Waals surface area contributed by atoms with Crippen LogP contribution >= 0.6 is 0 Å². The van der Waals surface area contributed by atoms with Gasteiger partial charge in [0.25, 0.3) is 5.91 Å². The fraction of sp³-hybridized carbons (Fsp3) is 0.440. The molecule has 0 saturated heterocycles. The van der Waals surface area contributed by atoms with Crippen LogP contribution in [-0.4, -0.2) is 56.9 Å². The molecule has 2 aliphatic rings. The van der Waals surface area contributed by atoms with Crippen LogP contribution in [-0.2, 0) is 19.5 Å². The van der Waals surface area contributed by atoms with Gasteiger partial charge in [-0.2, -0.15) is 0 Å². The molecule has 3 aromatic rings. The van der Waals surface area contributed by atoms with E-state index >= 15 is 0 Å². The minimum Gasteiger partial charge on any atom is -0.486 e. The molecule has 34 heavy (non-hydrogen) atoms. The van der Waals surface area contributed by atoms with Crippen LogP contribution in [0.1, 0.15) is 47.6 Å². The van der Waals surface area contributed by atoms with E-state index in [1.807, 2.05) is 12.1 Å². The quantitative estimate of drug-likeness (QED) is 0.602. The van der Waals surface area contributed by atoms with E-state index < -0.39 is 0 Å². The number of carbonyl (C=O) groups excluding carboxylic acids is 1. The molecule has 0 bridgehead atoms. The summed E-state index contributed by atoms with van der Waals surface area (Å²) in [4.78, 5) is 19.4. The van der Waals surface area contributed by atoms with Gasteiger partial charge in [0.1, 0.15) is 24.7 Å². The summed E-state index contributed by atoms with van der Waals surface area (Å²) in [5, 5.41) is 12.1. The summed E-state index contributed by atoms with van der Waals surface area (Å²) in [7, 11) is 0. The van der Waals surface area contributed by atoms with Crippen molar-refractivity contribution < 1.29 is 14.3 Å². The second-order valence-electron chi connectivity index (χ2n) is 9.04. The fourth-order valence-electron chi connectivity index (χ4n) is 4.46. The smallest absolute Gasteiger partial charge is 0.270 e. The number of pyridine rings is 1. The van der Waals surface area contributed by atoms with E-state index in [9.17, 15) is 4.79 Å². The van der Waals surface area contributed by atoms with Crippen LogP contribution in [0.4, 0.5) is 0 Å². The van der Waals surface area contributed by atoms with E-state index in [2.05, 4.69) is 55.9 Å². The Morgan fingerprint density at radius 2 is 1.91 bits per heavy atom. The SMILES string of the molecule is CC(C)[C@H](NC(=O)c1ccccn1)c1nnc2n1CCN(Cc1ccc3c(c1)OCCO3)CC2. The maximum Gasteiger partial charge on any atom is 0.270 e. The van der Waals surface area contributed by atoms with Crippen molar-refractivity contribution in [1.29, 1.82) is 0 Å². The molecule has 0 fully saturated rings. The van der Waals surface area contributed by atoms with Crippen molar-refractivity contribution in [3.05, 3.63) is 65.5 Å². The summed E-state index contributed by atoms with van der Waals surface area (Å²) < 4.78 is 13.6. The van der Waals surface area contributed by atoms with Crippen LogP contribution in [0.15, 0.2) is 42.6 Å². The molecule has 1 amide bonds. The summed E-state index contributed by atoms with van der Waals surface area (Å²) >= 11 is 0. The number of nitrogens with zero attached hydrogens (tertiary/aromatic N) is 5. The molecule has 9 nitrogen and oxygen atoms in total. The number of rotatable bonds is 6. The van der Waals surface area contributed by atoms with Crippen LogP contribution in [0, 0.1) is 5.92 Å². The highest BCUT2D eigenvalue weighted by Gasteiger charge is 2.28. The molecule has 2 aromatic heterocycles. The van der Waals surface area contributed by atoms with Gasteiger partial charge < -0.3 is 19.4 Å². The first-order valence-electron chi connectivity index (χ1n) is 11.8. The number of aromatic nitrogens is 4. The van der Waals surface area contributed by atoms with Gasteiger partial charge in [-0.15, -0.1) is 10.2 Å². The molecule has 9 heteroatoms. The summed E-state index contributed by atoms with van der Waals surface area (Å²) in [6, 6.07) is 11.2. The fourth-order valence-corrected chi connectivity index (χ4v) is 4.46. The van der Waals surface area contributed by atoms with Gasteiger partial charge in [0, 0.05) is 38.8 Å². The molecule has 0 saturated carbocycles. The Morgan fingerprint density at radius 1 is 1.06 bits per heavy atom. The number of fused-ring (bicyclic) bond motifs is 2. The molecule has 5 rings (SSSR count). The lowest BCUT2D eigenvalue weighted by atomic mass is 10.0. The van der Waals surface area contributed by atoms with Crippen molar-refractivity contribution >= 4 is 5.91 Å². The number of amides is 1. The molecule has 0 unspecified atom stereocenters. The zero-order valence-corrected chi connectivity index (χ0v) is 19.6. The van der Waals surface area contributed by atoms with Gasteiger partial charge in [0.15, 0.2) is 17.3 Å². The number of ether oxygens (including phenoxy) is 2. The molecule has 0 aliphatic carbocycles. The Hall–Kier alpha value is -3.46. The molecule has 178 valence electrons. The van der Waals surface area contributed by atoms with Crippen molar-refractivity contribution in [3.8, 4) is 11.5 Å². The molecule has 0 spiro atoms. The van der Waals surface area contributed by atoms with E-state index in [1.165, 1.54) is 5.56 Å². The van der Waals surface area contributed by atoms with E-state index in [0.29, 0.717) is 18.9 Å². The van der Waals surface area contributed by atoms with Crippen LogP contribution in [0.2, 0.25) is 0 Å².